The summed E-state index contributed by atoms with van der Waals surface area (Å²) in [6.07, 6.45) is 3.13. The van der Waals surface area contributed by atoms with Crippen molar-refractivity contribution in [2.75, 3.05) is 6.61 Å². The number of ether oxygens (including phenoxy) is 1. The van der Waals surface area contributed by atoms with Gasteiger partial charge in [0.15, 0.2) is 0 Å². The van der Waals surface area contributed by atoms with Gasteiger partial charge in [0.05, 0.1) is 18.4 Å². The Labute approximate surface area is 155 Å². The molecule has 0 aliphatic rings. The highest BCUT2D eigenvalue weighted by Gasteiger charge is 2.12. The molecule has 26 heavy (non-hydrogen) atoms. The maximum absolute atomic E-state index is 12.3. The van der Waals surface area contributed by atoms with Gasteiger partial charge in [-0.1, -0.05) is 62.7 Å². The molecule has 1 amide bonds. The van der Waals surface area contributed by atoms with E-state index in [-0.39, 0.29) is 11.5 Å². The van der Waals surface area contributed by atoms with Crippen LogP contribution in [-0.4, -0.2) is 17.6 Å². The lowest BCUT2D eigenvalue weighted by atomic mass is 10.1. The lowest BCUT2D eigenvalue weighted by molar-refractivity contribution is -0.115. The highest BCUT2D eigenvalue weighted by molar-refractivity contribution is 6.19. The molecular weight excluding hydrogens is 326 g/mol. The maximum Gasteiger partial charge on any atom is 0.255 e. The second-order valence-electron chi connectivity index (χ2n) is 6.44. The molecule has 0 spiro atoms. The van der Waals surface area contributed by atoms with Crippen molar-refractivity contribution >= 4 is 11.5 Å². The maximum atomic E-state index is 12.3. The highest BCUT2D eigenvalue weighted by atomic mass is 16.5. The summed E-state index contributed by atoms with van der Waals surface area (Å²) in [7, 11) is 0. The number of nitrogens with one attached hydrogen (secondary N) is 1. The molecule has 138 valence electrons. The lowest BCUT2D eigenvalue weighted by Gasteiger charge is -2.13. The molecule has 2 N–H and O–H groups in total. The van der Waals surface area contributed by atoms with Crippen molar-refractivity contribution in [1.29, 1.82) is 0 Å². The van der Waals surface area contributed by atoms with Crippen molar-refractivity contribution in [2.24, 2.45) is 5.92 Å². The van der Waals surface area contributed by atoms with Gasteiger partial charge in [-0.3, -0.25) is 4.79 Å². The fourth-order valence-corrected chi connectivity index (χ4v) is 2.68. The zero-order valence-corrected chi connectivity index (χ0v) is 15.4. The molecular formula is C22H27NO3. The molecule has 1 atom stereocenters. The quantitative estimate of drug-likeness (QED) is 0.507. The summed E-state index contributed by atoms with van der Waals surface area (Å²) in [5.74, 6) is 0.955. The Hall–Kier alpha value is -2.75. The molecule has 2 aromatic carbocycles. The van der Waals surface area contributed by atoms with E-state index < -0.39 is 0 Å². The summed E-state index contributed by atoms with van der Waals surface area (Å²) in [4.78, 5) is 12.3. The number of hydrogen-bond acceptors (Lipinski definition) is 3. The number of rotatable bonds is 9. The van der Waals surface area contributed by atoms with Crippen LogP contribution in [0.3, 0.4) is 0 Å². The topological polar surface area (TPSA) is 58.6 Å². The number of carbonyl (C=O) groups is 1. The molecule has 0 bridgehead atoms. The van der Waals surface area contributed by atoms with Gasteiger partial charge in [-0.2, -0.15) is 0 Å². The van der Waals surface area contributed by atoms with Gasteiger partial charge in [0.1, 0.15) is 5.75 Å². The van der Waals surface area contributed by atoms with Crippen LogP contribution in [0.15, 0.2) is 60.9 Å². The van der Waals surface area contributed by atoms with Crippen molar-refractivity contribution in [3.63, 3.8) is 0 Å². The Kier molecular flexibility index (Phi) is 7.75. The molecule has 0 aromatic heterocycles. The van der Waals surface area contributed by atoms with Crippen LogP contribution in [0.25, 0.3) is 5.57 Å². The standard InChI is InChI=1S/C22H27NO3/c1-3-7-17(2)16-26-20-12-10-19(11-13-20)21(15-24)22(25)23-14-18-8-5-4-6-9-18/h4-6,8-13,15,17,24H,3,7,14,16H2,1-2H3,(H,23,25)/t17-/m0/s1. The molecule has 0 aliphatic heterocycles. The highest BCUT2D eigenvalue weighted by Crippen LogP contribution is 2.20. The van der Waals surface area contributed by atoms with Crippen LogP contribution in [0.1, 0.15) is 37.8 Å². The predicted octanol–water partition coefficient (Wildman–Crippen LogP) is 4.72. The van der Waals surface area contributed by atoms with E-state index in [1.165, 1.54) is 0 Å². The number of aliphatic hydroxyl groups is 1. The van der Waals surface area contributed by atoms with Crippen molar-refractivity contribution in [1.82, 2.24) is 5.32 Å². The first-order valence-electron chi connectivity index (χ1n) is 9.03. The number of amides is 1. The third-order valence-corrected chi connectivity index (χ3v) is 4.15. The zero-order chi connectivity index (χ0) is 18.8. The first-order valence-corrected chi connectivity index (χ1v) is 9.03. The third-order valence-electron chi connectivity index (χ3n) is 4.15. The van der Waals surface area contributed by atoms with E-state index in [0.717, 1.165) is 30.4 Å². The van der Waals surface area contributed by atoms with Gasteiger partial charge in [-0.05, 0) is 35.6 Å². The first kappa shape index (κ1) is 19.6. The summed E-state index contributed by atoms with van der Waals surface area (Å²) >= 11 is 0. The van der Waals surface area contributed by atoms with Crippen LogP contribution in [0, 0.1) is 5.92 Å². The average Bonchev–Trinajstić information content (AvgIpc) is 2.67. The average molecular weight is 353 g/mol. The van der Waals surface area contributed by atoms with Crippen LogP contribution >= 0.6 is 0 Å². The van der Waals surface area contributed by atoms with Gasteiger partial charge in [-0.15, -0.1) is 0 Å². The van der Waals surface area contributed by atoms with Crippen molar-refractivity contribution in [2.45, 2.75) is 33.2 Å². The molecule has 4 heteroatoms. The molecule has 0 saturated heterocycles. The molecule has 0 radical (unpaired) electrons. The lowest BCUT2D eigenvalue weighted by Crippen LogP contribution is -2.23. The molecule has 0 fully saturated rings. The zero-order valence-electron chi connectivity index (χ0n) is 15.4. The van der Waals surface area contributed by atoms with E-state index in [1.807, 2.05) is 42.5 Å². The fourth-order valence-electron chi connectivity index (χ4n) is 2.68. The summed E-state index contributed by atoms with van der Waals surface area (Å²) in [6.45, 7) is 5.42. The minimum absolute atomic E-state index is 0.229. The van der Waals surface area contributed by atoms with Gasteiger partial charge >= 0.3 is 0 Å². The van der Waals surface area contributed by atoms with Crippen molar-refractivity contribution in [3.8, 4) is 5.75 Å². The Morgan fingerprint density at radius 2 is 1.85 bits per heavy atom. The minimum Gasteiger partial charge on any atom is -0.515 e. The van der Waals surface area contributed by atoms with Gasteiger partial charge in [0.25, 0.3) is 5.91 Å². The van der Waals surface area contributed by atoms with E-state index in [9.17, 15) is 9.90 Å². The van der Waals surface area contributed by atoms with Gasteiger partial charge in [0, 0.05) is 6.54 Å². The van der Waals surface area contributed by atoms with E-state index >= 15 is 0 Å². The van der Waals surface area contributed by atoms with Crippen LogP contribution in [-0.2, 0) is 11.3 Å². The summed E-state index contributed by atoms with van der Waals surface area (Å²) < 4.78 is 5.77. The molecule has 4 nitrogen and oxygen atoms in total. The molecule has 0 heterocycles. The molecule has 0 saturated carbocycles. The van der Waals surface area contributed by atoms with Crippen molar-refractivity contribution < 1.29 is 14.6 Å². The second kappa shape index (κ2) is 10.3. The second-order valence-corrected chi connectivity index (χ2v) is 6.44. The number of benzene rings is 2. The Morgan fingerprint density at radius 3 is 2.46 bits per heavy atom. The molecule has 0 aliphatic carbocycles. The van der Waals surface area contributed by atoms with Crippen LogP contribution in [0.5, 0.6) is 5.75 Å². The normalized spacial score (nSPS) is 12.5. The molecule has 2 aromatic rings. The third kappa shape index (κ3) is 5.96. The SMILES string of the molecule is CCC[C@H](C)COc1ccc(C(=CO)C(=O)NCc2ccccc2)cc1. The summed E-state index contributed by atoms with van der Waals surface area (Å²) in [5, 5.41) is 12.3. The van der Waals surface area contributed by atoms with Crippen LogP contribution < -0.4 is 10.1 Å². The molecule has 2 rings (SSSR count). The molecule has 0 unspecified atom stereocenters. The van der Waals surface area contributed by atoms with Gasteiger partial charge in [-0.25, -0.2) is 0 Å². The van der Waals surface area contributed by atoms with E-state index in [4.69, 9.17) is 4.74 Å². The minimum atomic E-state index is -0.318. The summed E-state index contributed by atoms with van der Waals surface area (Å²) in [6, 6.07) is 16.9. The number of hydrogen-bond donors (Lipinski definition) is 2. The van der Waals surface area contributed by atoms with Gasteiger partial charge in [0.2, 0.25) is 0 Å². The fraction of sp³-hybridized carbons (Fsp3) is 0.318. The number of carbonyl (C=O) groups excluding carboxylic acids is 1. The Balaban J connectivity index is 1.93. The largest absolute Gasteiger partial charge is 0.515 e. The van der Waals surface area contributed by atoms with E-state index in [0.29, 0.717) is 24.6 Å². The smallest absolute Gasteiger partial charge is 0.255 e. The van der Waals surface area contributed by atoms with Gasteiger partial charge < -0.3 is 15.2 Å². The number of aliphatic hydroxyl groups excluding tert-OH is 1. The monoisotopic (exact) mass is 353 g/mol. The first-order chi connectivity index (χ1) is 12.6. The Morgan fingerprint density at radius 1 is 1.15 bits per heavy atom. The Bertz CT molecular complexity index is 708. The van der Waals surface area contributed by atoms with Crippen molar-refractivity contribution in [3.05, 3.63) is 72.0 Å². The summed E-state index contributed by atoms with van der Waals surface area (Å²) in [5.41, 5.74) is 1.88. The van der Waals surface area contributed by atoms with E-state index in [2.05, 4.69) is 19.2 Å². The van der Waals surface area contributed by atoms with Crippen LogP contribution in [0.4, 0.5) is 0 Å². The predicted molar refractivity (Wildman–Crippen MR) is 105 cm³/mol. The van der Waals surface area contributed by atoms with Crippen LogP contribution in [0.2, 0.25) is 0 Å². The van der Waals surface area contributed by atoms with E-state index in [1.54, 1.807) is 12.1 Å².